The summed E-state index contributed by atoms with van der Waals surface area (Å²) < 4.78 is 0. The second-order valence-corrected chi connectivity index (χ2v) is 6.12. The van der Waals surface area contributed by atoms with Crippen LogP contribution in [0.4, 0.5) is 5.82 Å². The predicted octanol–water partition coefficient (Wildman–Crippen LogP) is 3.67. The molecule has 0 unspecified atom stereocenters. The number of rotatable bonds is 3. The number of anilines is 1. The largest absolute Gasteiger partial charge is 0.305 e. The molecule has 0 saturated carbocycles. The Morgan fingerprint density at radius 1 is 0.880 bits per heavy atom. The minimum absolute atomic E-state index is 0.126. The Kier molecular flexibility index (Phi) is 4.21. The van der Waals surface area contributed by atoms with E-state index in [1.54, 1.807) is 12.3 Å². The van der Waals surface area contributed by atoms with Gasteiger partial charge in [-0.25, -0.2) is 0 Å². The lowest BCUT2D eigenvalue weighted by atomic mass is 9.88. The number of carbonyl (C=O) groups is 1. The van der Waals surface area contributed by atoms with Crippen molar-refractivity contribution in [3.63, 3.8) is 0 Å². The van der Waals surface area contributed by atoms with E-state index in [1.807, 2.05) is 36.4 Å². The van der Waals surface area contributed by atoms with E-state index < -0.39 is 0 Å². The van der Waals surface area contributed by atoms with Crippen molar-refractivity contribution in [1.29, 1.82) is 0 Å². The molecule has 1 aliphatic rings. The normalized spacial score (nSPS) is 13.1. The summed E-state index contributed by atoms with van der Waals surface area (Å²) in [5, 5.41) is 11.1. The van der Waals surface area contributed by atoms with E-state index in [0.29, 0.717) is 11.5 Å². The SMILES string of the molecule is O=C(Nc1ccc(-c2ccccn2)nn1)c1cccc2c1CCCC2. The molecule has 0 atom stereocenters. The van der Waals surface area contributed by atoms with Crippen LogP contribution in [0.15, 0.2) is 54.7 Å². The van der Waals surface area contributed by atoms with Gasteiger partial charge in [-0.05, 0) is 67.1 Å². The molecule has 2 heterocycles. The van der Waals surface area contributed by atoms with Gasteiger partial charge in [-0.3, -0.25) is 9.78 Å². The Hall–Kier alpha value is -3.08. The number of pyridine rings is 1. The number of benzene rings is 1. The van der Waals surface area contributed by atoms with E-state index in [2.05, 4.69) is 26.6 Å². The summed E-state index contributed by atoms with van der Waals surface area (Å²) in [6, 6.07) is 15.1. The first-order valence-corrected chi connectivity index (χ1v) is 8.48. The van der Waals surface area contributed by atoms with Gasteiger partial charge in [-0.1, -0.05) is 18.2 Å². The molecule has 3 aromatic rings. The zero-order valence-corrected chi connectivity index (χ0v) is 13.8. The molecule has 5 nitrogen and oxygen atoms in total. The molecule has 1 N–H and O–H groups in total. The summed E-state index contributed by atoms with van der Waals surface area (Å²) in [7, 11) is 0. The molecule has 1 aromatic carbocycles. The molecule has 25 heavy (non-hydrogen) atoms. The quantitative estimate of drug-likeness (QED) is 0.795. The third-order valence-corrected chi connectivity index (χ3v) is 4.47. The van der Waals surface area contributed by atoms with Crippen molar-refractivity contribution in [3.8, 4) is 11.4 Å². The number of nitrogens with one attached hydrogen (secondary N) is 1. The summed E-state index contributed by atoms with van der Waals surface area (Å²) >= 11 is 0. The first kappa shape index (κ1) is 15.4. The average molecular weight is 330 g/mol. The van der Waals surface area contributed by atoms with Crippen LogP contribution in [0.3, 0.4) is 0 Å². The topological polar surface area (TPSA) is 67.8 Å². The highest BCUT2D eigenvalue weighted by molar-refractivity contribution is 6.05. The molecule has 0 fully saturated rings. The zero-order valence-electron chi connectivity index (χ0n) is 13.8. The highest BCUT2D eigenvalue weighted by Gasteiger charge is 2.18. The van der Waals surface area contributed by atoms with Crippen molar-refractivity contribution < 1.29 is 4.79 Å². The molecule has 0 bridgehead atoms. The predicted molar refractivity (Wildman–Crippen MR) is 96.3 cm³/mol. The lowest BCUT2D eigenvalue weighted by Crippen LogP contribution is -2.18. The smallest absolute Gasteiger partial charge is 0.257 e. The maximum absolute atomic E-state index is 12.6. The molecular formula is C20H18N4O. The van der Waals surface area contributed by atoms with E-state index in [-0.39, 0.29) is 5.91 Å². The van der Waals surface area contributed by atoms with E-state index in [4.69, 9.17) is 0 Å². The average Bonchev–Trinajstić information content (AvgIpc) is 2.69. The zero-order chi connectivity index (χ0) is 17.1. The van der Waals surface area contributed by atoms with Crippen LogP contribution >= 0.6 is 0 Å². The molecular weight excluding hydrogens is 312 g/mol. The van der Waals surface area contributed by atoms with Crippen molar-refractivity contribution in [2.75, 3.05) is 5.32 Å². The molecule has 1 aliphatic carbocycles. The van der Waals surface area contributed by atoms with E-state index in [9.17, 15) is 4.79 Å². The first-order valence-electron chi connectivity index (χ1n) is 8.48. The highest BCUT2D eigenvalue weighted by atomic mass is 16.1. The van der Waals surface area contributed by atoms with Crippen molar-refractivity contribution in [2.24, 2.45) is 0 Å². The maximum Gasteiger partial charge on any atom is 0.257 e. The van der Waals surface area contributed by atoms with E-state index in [0.717, 1.165) is 30.5 Å². The highest BCUT2D eigenvalue weighted by Crippen LogP contribution is 2.25. The van der Waals surface area contributed by atoms with Gasteiger partial charge in [0.25, 0.3) is 5.91 Å². The number of aromatic nitrogens is 3. The summed E-state index contributed by atoms with van der Waals surface area (Å²) in [6.07, 6.45) is 6.05. The molecule has 4 rings (SSSR count). The van der Waals surface area contributed by atoms with Crippen LogP contribution in [-0.2, 0) is 12.8 Å². The van der Waals surface area contributed by atoms with E-state index >= 15 is 0 Å². The minimum Gasteiger partial charge on any atom is -0.305 e. The summed E-state index contributed by atoms with van der Waals surface area (Å²) in [5.74, 6) is 0.316. The van der Waals surface area contributed by atoms with Crippen LogP contribution in [0.25, 0.3) is 11.4 Å². The third-order valence-electron chi connectivity index (χ3n) is 4.47. The summed E-state index contributed by atoms with van der Waals surface area (Å²) in [4.78, 5) is 16.9. The van der Waals surface area contributed by atoms with Crippen LogP contribution in [0, 0.1) is 0 Å². The molecule has 0 saturated heterocycles. The molecule has 2 aromatic heterocycles. The van der Waals surface area contributed by atoms with Crippen LogP contribution < -0.4 is 5.32 Å². The van der Waals surface area contributed by atoms with Crippen LogP contribution in [-0.4, -0.2) is 21.1 Å². The number of carbonyl (C=O) groups excluding carboxylic acids is 1. The number of fused-ring (bicyclic) bond motifs is 1. The fourth-order valence-electron chi connectivity index (χ4n) is 3.23. The Labute approximate surface area is 146 Å². The standard InChI is InChI=1S/C20H18N4O/c25-20(16-9-5-7-14-6-1-2-8-15(14)16)22-19-12-11-18(23-24-19)17-10-3-4-13-21-17/h3-5,7,9-13H,1-2,6,8H2,(H,22,24,25). The number of hydrogen-bond donors (Lipinski definition) is 1. The van der Waals surface area contributed by atoms with Crippen molar-refractivity contribution >= 4 is 11.7 Å². The second kappa shape index (κ2) is 6.81. The Morgan fingerprint density at radius 2 is 1.80 bits per heavy atom. The lowest BCUT2D eigenvalue weighted by molar-refractivity contribution is 0.102. The molecule has 0 spiro atoms. The molecule has 5 heteroatoms. The number of nitrogens with zero attached hydrogens (tertiary/aromatic N) is 3. The monoisotopic (exact) mass is 330 g/mol. The fourth-order valence-corrected chi connectivity index (χ4v) is 3.23. The lowest BCUT2D eigenvalue weighted by Gasteiger charge is -2.18. The van der Waals surface area contributed by atoms with Crippen LogP contribution in [0.2, 0.25) is 0 Å². The minimum atomic E-state index is -0.126. The Balaban J connectivity index is 1.54. The van der Waals surface area contributed by atoms with Gasteiger partial charge in [0.15, 0.2) is 5.82 Å². The second-order valence-electron chi connectivity index (χ2n) is 6.12. The Bertz CT molecular complexity index is 891. The maximum atomic E-state index is 12.6. The molecule has 124 valence electrons. The van der Waals surface area contributed by atoms with Gasteiger partial charge in [0, 0.05) is 11.8 Å². The third kappa shape index (κ3) is 3.26. The van der Waals surface area contributed by atoms with Gasteiger partial charge >= 0.3 is 0 Å². The van der Waals surface area contributed by atoms with Gasteiger partial charge in [0.2, 0.25) is 0 Å². The Morgan fingerprint density at radius 3 is 2.60 bits per heavy atom. The van der Waals surface area contributed by atoms with Gasteiger partial charge in [0.1, 0.15) is 5.69 Å². The number of hydrogen-bond acceptors (Lipinski definition) is 4. The van der Waals surface area contributed by atoms with Gasteiger partial charge in [0.05, 0.1) is 5.69 Å². The molecule has 1 amide bonds. The summed E-state index contributed by atoms with van der Waals surface area (Å²) in [5.41, 5.74) is 4.63. The molecule has 0 aliphatic heterocycles. The van der Waals surface area contributed by atoms with E-state index in [1.165, 1.54) is 17.5 Å². The fraction of sp³-hybridized carbons (Fsp3) is 0.200. The van der Waals surface area contributed by atoms with Gasteiger partial charge in [-0.15, -0.1) is 10.2 Å². The number of aryl methyl sites for hydroxylation is 1. The van der Waals surface area contributed by atoms with Gasteiger partial charge in [-0.2, -0.15) is 0 Å². The van der Waals surface area contributed by atoms with Gasteiger partial charge < -0.3 is 5.32 Å². The van der Waals surface area contributed by atoms with Crippen molar-refractivity contribution in [3.05, 3.63) is 71.4 Å². The summed E-state index contributed by atoms with van der Waals surface area (Å²) in [6.45, 7) is 0. The van der Waals surface area contributed by atoms with Crippen molar-refractivity contribution in [2.45, 2.75) is 25.7 Å². The number of amides is 1. The van der Waals surface area contributed by atoms with Crippen LogP contribution in [0.1, 0.15) is 34.3 Å². The molecule has 0 radical (unpaired) electrons. The van der Waals surface area contributed by atoms with Crippen molar-refractivity contribution in [1.82, 2.24) is 15.2 Å². The first-order chi connectivity index (χ1) is 12.3. The van der Waals surface area contributed by atoms with Crippen LogP contribution in [0.5, 0.6) is 0 Å².